The van der Waals surface area contributed by atoms with Crippen molar-refractivity contribution in [3.63, 3.8) is 0 Å². The van der Waals surface area contributed by atoms with Crippen molar-refractivity contribution in [1.29, 1.82) is 0 Å². The van der Waals surface area contributed by atoms with Crippen LogP contribution < -0.4 is 10.4 Å². The molecule has 0 aliphatic carbocycles. The molecule has 37 heavy (non-hydrogen) atoms. The van der Waals surface area contributed by atoms with Crippen molar-refractivity contribution in [3.8, 4) is 0 Å². The van der Waals surface area contributed by atoms with Gasteiger partial charge in [0.2, 0.25) is 5.91 Å². The predicted molar refractivity (Wildman–Crippen MR) is 142 cm³/mol. The minimum absolute atomic E-state index is 0.00117. The molecular formula is C26H35N3O6S2. The SMILES string of the molecule is Cc1cc(C)cc(SCC(=O)N[C@@H]2C(=O)N3C(C(=O)[O-])=C(C=CC[N+](C)(CCO)CCCO)CS[C@H]23)c1. The van der Waals surface area contributed by atoms with Gasteiger partial charge in [0, 0.05) is 23.7 Å². The van der Waals surface area contributed by atoms with Crippen LogP contribution in [0.4, 0.5) is 0 Å². The second-order valence-electron chi connectivity index (χ2n) is 9.68. The van der Waals surface area contributed by atoms with E-state index in [0.29, 0.717) is 41.9 Å². The number of carboxylic acid groups (broad SMARTS) is 1. The minimum Gasteiger partial charge on any atom is -0.543 e. The Morgan fingerprint density at radius 3 is 2.54 bits per heavy atom. The second kappa shape index (κ2) is 13.0. The van der Waals surface area contributed by atoms with Gasteiger partial charge in [0.05, 0.1) is 44.2 Å². The van der Waals surface area contributed by atoms with Gasteiger partial charge in [-0.25, -0.2) is 0 Å². The average Bonchev–Trinajstić information content (AvgIpc) is 2.84. The van der Waals surface area contributed by atoms with Crippen LogP contribution in [0.1, 0.15) is 17.5 Å². The smallest absolute Gasteiger partial charge is 0.253 e. The first-order valence-electron chi connectivity index (χ1n) is 12.2. The number of hydrogen-bond acceptors (Lipinski definition) is 8. The molecule has 1 aromatic carbocycles. The highest BCUT2D eigenvalue weighted by Crippen LogP contribution is 2.40. The number of quaternary nitrogens is 1. The number of aliphatic carboxylic acids is 1. The number of amides is 2. The first kappa shape index (κ1) is 29.2. The average molecular weight is 550 g/mol. The summed E-state index contributed by atoms with van der Waals surface area (Å²) in [5.74, 6) is -1.66. The van der Waals surface area contributed by atoms with Gasteiger partial charge in [-0.2, -0.15) is 0 Å². The Hall–Kier alpha value is -2.31. The third kappa shape index (κ3) is 7.38. The van der Waals surface area contributed by atoms with Crippen LogP contribution in [0.3, 0.4) is 0 Å². The van der Waals surface area contributed by atoms with Gasteiger partial charge in [-0.1, -0.05) is 12.1 Å². The number of nitrogens with one attached hydrogen (secondary N) is 1. The van der Waals surface area contributed by atoms with Crippen molar-refractivity contribution in [2.75, 3.05) is 51.4 Å². The molecule has 2 aliphatic heterocycles. The van der Waals surface area contributed by atoms with Crippen molar-refractivity contribution < 1.29 is 34.2 Å². The number of carbonyl (C=O) groups is 3. The molecule has 1 fully saturated rings. The summed E-state index contributed by atoms with van der Waals surface area (Å²) in [5, 5.41) is 32.8. The zero-order valence-electron chi connectivity index (χ0n) is 21.4. The van der Waals surface area contributed by atoms with Gasteiger partial charge in [-0.05, 0) is 48.8 Å². The number of carboxylic acids is 1. The van der Waals surface area contributed by atoms with Gasteiger partial charge in [-0.3, -0.25) is 14.5 Å². The molecule has 1 unspecified atom stereocenters. The number of allylic oxidation sites excluding steroid dienone is 1. The maximum atomic E-state index is 12.9. The van der Waals surface area contributed by atoms with E-state index in [9.17, 15) is 24.6 Å². The Morgan fingerprint density at radius 1 is 1.22 bits per heavy atom. The molecule has 0 bridgehead atoms. The molecule has 2 amide bonds. The van der Waals surface area contributed by atoms with E-state index in [-0.39, 0.29) is 30.6 Å². The standard InChI is InChI=1S/C26H35N3O6S2/c1-17-12-18(2)14-20(13-17)36-16-21(32)27-22-24(33)28-23(26(34)35)19(15-37-25(22)28)6-4-7-29(3,9-11-31)8-5-10-30/h4,6,12-14,22,25,30-31H,5,7-11,15-16H2,1-3H3,(H-,27,32,34,35)/t22-,25-,29?/m1/s1. The van der Waals surface area contributed by atoms with E-state index < -0.39 is 23.3 Å². The largest absolute Gasteiger partial charge is 0.543 e. The van der Waals surface area contributed by atoms with Crippen LogP contribution in [0.15, 0.2) is 46.5 Å². The van der Waals surface area contributed by atoms with E-state index in [4.69, 9.17) is 5.11 Å². The number of thioether (sulfide) groups is 2. The highest BCUT2D eigenvalue weighted by Gasteiger charge is 2.52. The summed E-state index contributed by atoms with van der Waals surface area (Å²) >= 11 is 2.79. The molecule has 2 aliphatic rings. The molecule has 0 spiro atoms. The molecule has 0 saturated carbocycles. The van der Waals surface area contributed by atoms with Crippen LogP contribution in [-0.2, 0) is 14.4 Å². The fourth-order valence-corrected chi connectivity index (χ4v) is 6.82. The quantitative estimate of drug-likeness (QED) is 0.181. The lowest BCUT2D eigenvalue weighted by molar-refractivity contribution is -0.904. The van der Waals surface area contributed by atoms with Crippen molar-refractivity contribution in [1.82, 2.24) is 10.2 Å². The Kier molecular flexibility index (Phi) is 10.3. The van der Waals surface area contributed by atoms with Crippen molar-refractivity contribution >= 4 is 41.3 Å². The number of β-lactam (4-membered cyclic amide) rings is 1. The van der Waals surface area contributed by atoms with E-state index in [1.165, 1.54) is 28.4 Å². The number of hydrogen-bond donors (Lipinski definition) is 3. The monoisotopic (exact) mass is 549 g/mol. The zero-order chi connectivity index (χ0) is 27.2. The Balaban J connectivity index is 1.64. The maximum absolute atomic E-state index is 12.9. The predicted octanol–water partition coefficient (Wildman–Crippen LogP) is 0.177. The summed E-state index contributed by atoms with van der Waals surface area (Å²) in [4.78, 5) is 39.6. The number of fused-ring (bicyclic) bond motifs is 1. The number of carbonyl (C=O) groups excluding carboxylic acids is 3. The highest BCUT2D eigenvalue weighted by atomic mass is 32.2. The summed E-state index contributed by atoms with van der Waals surface area (Å²) < 4.78 is 0.494. The third-order valence-electron chi connectivity index (χ3n) is 6.43. The zero-order valence-corrected chi connectivity index (χ0v) is 23.1. The van der Waals surface area contributed by atoms with Crippen molar-refractivity contribution in [2.45, 2.75) is 36.6 Å². The molecule has 202 valence electrons. The first-order chi connectivity index (χ1) is 17.6. The van der Waals surface area contributed by atoms with Gasteiger partial charge < -0.3 is 29.9 Å². The van der Waals surface area contributed by atoms with Crippen LogP contribution in [0.5, 0.6) is 0 Å². The highest BCUT2D eigenvalue weighted by molar-refractivity contribution is 8.00. The molecule has 2 heterocycles. The summed E-state index contributed by atoms with van der Waals surface area (Å²) in [5.41, 5.74) is 2.54. The lowest BCUT2D eigenvalue weighted by Crippen LogP contribution is -2.71. The molecule has 9 nitrogen and oxygen atoms in total. The van der Waals surface area contributed by atoms with E-state index >= 15 is 0 Å². The number of aliphatic hydroxyl groups is 2. The third-order valence-corrected chi connectivity index (χ3v) is 8.71. The molecule has 3 N–H and O–H groups in total. The Labute approximate surface area is 226 Å². The summed E-state index contributed by atoms with van der Waals surface area (Å²) in [6.07, 6.45) is 4.12. The second-order valence-corrected chi connectivity index (χ2v) is 11.8. The van der Waals surface area contributed by atoms with Gasteiger partial charge in [0.15, 0.2) is 0 Å². The van der Waals surface area contributed by atoms with Gasteiger partial charge in [-0.15, -0.1) is 23.5 Å². The van der Waals surface area contributed by atoms with Gasteiger partial charge in [0.25, 0.3) is 5.91 Å². The topological polar surface area (TPSA) is 130 Å². The summed E-state index contributed by atoms with van der Waals surface area (Å²) in [7, 11) is 1.96. The number of aryl methyl sites for hydroxylation is 2. The van der Waals surface area contributed by atoms with Crippen molar-refractivity contribution in [2.24, 2.45) is 0 Å². The van der Waals surface area contributed by atoms with E-state index in [0.717, 1.165) is 16.0 Å². The first-order valence-corrected chi connectivity index (χ1v) is 14.2. The molecule has 0 radical (unpaired) electrons. The number of aliphatic hydroxyl groups excluding tert-OH is 2. The number of benzene rings is 1. The lowest BCUT2D eigenvalue weighted by Gasteiger charge is -2.50. The minimum atomic E-state index is -1.43. The molecule has 0 aromatic heterocycles. The molecule has 3 rings (SSSR count). The van der Waals surface area contributed by atoms with E-state index in [2.05, 4.69) is 11.4 Å². The number of likely N-dealkylation sites (N-methyl/N-ethyl adjacent to an activating group) is 1. The number of rotatable bonds is 13. The molecule has 1 aromatic rings. The van der Waals surface area contributed by atoms with Crippen molar-refractivity contribution in [3.05, 3.63) is 52.7 Å². The van der Waals surface area contributed by atoms with Crippen LogP contribution in [0, 0.1) is 13.8 Å². The van der Waals surface area contributed by atoms with Gasteiger partial charge in [0.1, 0.15) is 18.0 Å². The Morgan fingerprint density at radius 2 is 1.92 bits per heavy atom. The lowest BCUT2D eigenvalue weighted by atomic mass is 10.0. The van der Waals surface area contributed by atoms with E-state index in [1.54, 1.807) is 6.08 Å². The molecular weight excluding hydrogens is 514 g/mol. The summed E-state index contributed by atoms with van der Waals surface area (Å²) in [6.45, 7) is 5.74. The fraction of sp³-hybridized carbons (Fsp3) is 0.500. The fourth-order valence-electron chi connectivity index (χ4n) is 4.58. The van der Waals surface area contributed by atoms with Crippen LogP contribution in [0.25, 0.3) is 0 Å². The summed E-state index contributed by atoms with van der Waals surface area (Å²) in [6, 6.07) is 5.28. The van der Waals surface area contributed by atoms with Crippen LogP contribution in [0.2, 0.25) is 0 Å². The van der Waals surface area contributed by atoms with E-state index in [1.807, 2.05) is 39.1 Å². The van der Waals surface area contributed by atoms with Crippen LogP contribution >= 0.6 is 23.5 Å². The van der Waals surface area contributed by atoms with Gasteiger partial charge >= 0.3 is 0 Å². The van der Waals surface area contributed by atoms with Crippen LogP contribution in [-0.4, -0.2) is 100 Å². The molecule has 11 heteroatoms. The molecule has 1 saturated heterocycles. The maximum Gasteiger partial charge on any atom is 0.253 e. The molecule has 3 atom stereocenters. The number of nitrogens with zero attached hydrogens (tertiary/aromatic N) is 2. The Bertz CT molecular complexity index is 1070. The normalized spacial score (nSPS) is 21.0.